The van der Waals surface area contributed by atoms with Gasteiger partial charge in [-0.15, -0.1) is 0 Å². The maximum atomic E-state index is 10.2. The predicted molar refractivity (Wildman–Crippen MR) is 93.1 cm³/mol. The standard InChI is InChI=1S/C21H26O/c1-2-17-11-12-19(18-9-5-3-6-10-18)20(15-17)21(16-22)13-7-4-8-14-21/h3,5-6,9-12,15,22H,2,4,7-8,13-14,16H2,1H3. The van der Waals surface area contributed by atoms with Crippen LogP contribution in [0.3, 0.4) is 0 Å². The summed E-state index contributed by atoms with van der Waals surface area (Å²) in [5, 5.41) is 10.2. The molecule has 3 rings (SSSR count). The molecule has 0 unspecified atom stereocenters. The van der Waals surface area contributed by atoms with Crippen LogP contribution in [0.15, 0.2) is 48.5 Å². The monoisotopic (exact) mass is 294 g/mol. The Morgan fingerprint density at radius 2 is 1.68 bits per heavy atom. The smallest absolute Gasteiger partial charge is 0.0528 e. The summed E-state index contributed by atoms with van der Waals surface area (Å²) in [7, 11) is 0. The molecule has 1 fully saturated rings. The molecule has 0 heterocycles. The van der Waals surface area contributed by atoms with Crippen molar-refractivity contribution < 1.29 is 5.11 Å². The van der Waals surface area contributed by atoms with Gasteiger partial charge in [-0.25, -0.2) is 0 Å². The second kappa shape index (κ2) is 6.66. The highest BCUT2D eigenvalue weighted by molar-refractivity contribution is 5.69. The van der Waals surface area contributed by atoms with Crippen LogP contribution >= 0.6 is 0 Å². The largest absolute Gasteiger partial charge is 0.395 e. The fraction of sp³-hybridized carbons (Fsp3) is 0.429. The van der Waals surface area contributed by atoms with E-state index in [9.17, 15) is 5.11 Å². The summed E-state index contributed by atoms with van der Waals surface area (Å²) in [6.45, 7) is 2.47. The molecule has 1 saturated carbocycles. The minimum atomic E-state index is -0.0470. The molecular weight excluding hydrogens is 268 g/mol. The van der Waals surface area contributed by atoms with Crippen LogP contribution in [0.5, 0.6) is 0 Å². The number of aliphatic hydroxyl groups is 1. The first-order valence-electron chi connectivity index (χ1n) is 8.59. The molecule has 116 valence electrons. The van der Waals surface area contributed by atoms with Gasteiger partial charge in [0.25, 0.3) is 0 Å². The Morgan fingerprint density at radius 1 is 0.955 bits per heavy atom. The van der Waals surface area contributed by atoms with E-state index in [-0.39, 0.29) is 12.0 Å². The molecule has 0 aliphatic heterocycles. The van der Waals surface area contributed by atoms with Crippen LogP contribution in [-0.4, -0.2) is 11.7 Å². The third-order valence-corrected chi connectivity index (χ3v) is 5.26. The Morgan fingerprint density at radius 3 is 2.32 bits per heavy atom. The minimum Gasteiger partial charge on any atom is -0.395 e. The molecule has 1 heteroatoms. The maximum Gasteiger partial charge on any atom is 0.0528 e. The fourth-order valence-corrected chi connectivity index (χ4v) is 3.86. The van der Waals surface area contributed by atoms with E-state index in [1.807, 2.05) is 0 Å². The lowest BCUT2D eigenvalue weighted by Gasteiger charge is -2.38. The summed E-state index contributed by atoms with van der Waals surface area (Å²) >= 11 is 0. The predicted octanol–water partition coefficient (Wildman–Crippen LogP) is 5.11. The van der Waals surface area contributed by atoms with Crippen molar-refractivity contribution in [1.82, 2.24) is 0 Å². The summed E-state index contributed by atoms with van der Waals surface area (Å²) in [6.07, 6.45) is 7.02. The highest BCUT2D eigenvalue weighted by Crippen LogP contribution is 2.43. The number of aryl methyl sites for hydroxylation is 1. The van der Waals surface area contributed by atoms with Gasteiger partial charge in [0.15, 0.2) is 0 Å². The van der Waals surface area contributed by atoms with Crippen molar-refractivity contribution in [2.24, 2.45) is 0 Å². The lowest BCUT2D eigenvalue weighted by atomic mass is 9.67. The van der Waals surface area contributed by atoms with Gasteiger partial charge in [0.05, 0.1) is 6.61 Å². The van der Waals surface area contributed by atoms with Gasteiger partial charge >= 0.3 is 0 Å². The van der Waals surface area contributed by atoms with Crippen LogP contribution in [0.2, 0.25) is 0 Å². The molecule has 22 heavy (non-hydrogen) atoms. The van der Waals surface area contributed by atoms with E-state index < -0.39 is 0 Å². The lowest BCUT2D eigenvalue weighted by molar-refractivity contribution is 0.152. The van der Waals surface area contributed by atoms with E-state index >= 15 is 0 Å². The Kier molecular flexibility index (Phi) is 4.63. The molecule has 0 atom stereocenters. The first-order valence-corrected chi connectivity index (χ1v) is 8.59. The number of aliphatic hydroxyl groups excluding tert-OH is 1. The number of hydrogen-bond donors (Lipinski definition) is 1. The van der Waals surface area contributed by atoms with E-state index in [1.165, 1.54) is 41.5 Å². The second-order valence-corrected chi connectivity index (χ2v) is 6.60. The van der Waals surface area contributed by atoms with Gasteiger partial charge in [-0.2, -0.15) is 0 Å². The van der Waals surface area contributed by atoms with Crippen LogP contribution < -0.4 is 0 Å². The quantitative estimate of drug-likeness (QED) is 0.830. The summed E-state index contributed by atoms with van der Waals surface area (Å²) in [5.74, 6) is 0. The first kappa shape index (κ1) is 15.3. The van der Waals surface area contributed by atoms with Gasteiger partial charge in [-0.3, -0.25) is 0 Å². The molecule has 2 aromatic carbocycles. The average molecular weight is 294 g/mol. The highest BCUT2D eigenvalue weighted by Gasteiger charge is 2.35. The maximum absolute atomic E-state index is 10.2. The summed E-state index contributed by atoms with van der Waals surface area (Å²) < 4.78 is 0. The topological polar surface area (TPSA) is 20.2 Å². The van der Waals surface area contributed by atoms with E-state index in [1.54, 1.807) is 0 Å². The molecule has 0 aromatic heterocycles. The van der Waals surface area contributed by atoms with Gasteiger partial charge in [-0.05, 0) is 41.5 Å². The van der Waals surface area contributed by atoms with Gasteiger partial charge in [0.1, 0.15) is 0 Å². The summed E-state index contributed by atoms with van der Waals surface area (Å²) in [4.78, 5) is 0. The third-order valence-electron chi connectivity index (χ3n) is 5.26. The molecule has 0 amide bonds. The van der Waals surface area contributed by atoms with Crippen molar-refractivity contribution in [2.45, 2.75) is 50.9 Å². The molecule has 1 aliphatic rings. The van der Waals surface area contributed by atoms with Crippen molar-refractivity contribution in [3.63, 3.8) is 0 Å². The van der Waals surface area contributed by atoms with Gasteiger partial charge in [-0.1, -0.05) is 74.7 Å². The van der Waals surface area contributed by atoms with Crippen LogP contribution in [0.4, 0.5) is 0 Å². The summed E-state index contributed by atoms with van der Waals surface area (Å²) in [5.41, 5.74) is 5.25. The lowest BCUT2D eigenvalue weighted by Crippen LogP contribution is -2.33. The van der Waals surface area contributed by atoms with E-state index in [0.717, 1.165) is 19.3 Å². The Bertz CT molecular complexity index is 609. The van der Waals surface area contributed by atoms with Crippen LogP contribution in [0, 0.1) is 0 Å². The SMILES string of the molecule is CCc1ccc(-c2ccccc2)c(C2(CO)CCCCC2)c1. The van der Waals surface area contributed by atoms with Gasteiger partial charge in [0.2, 0.25) is 0 Å². The molecule has 0 bridgehead atoms. The first-order chi connectivity index (χ1) is 10.8. The molecule has 0 spiro atoms. The number of benzene rings is 2. The van der Waals surface area contributed by atoms with Crippen LogP contribution in [-0.2, 0) is 11.8 Å². The molecule has 2 aromatic rings. The van der Waals surface area contributed by atoms with E-state index in [2.05, 4.69) is 55.5 Å². The zero-order chi connectivity index (χ0) is 15.4. The highest BCUT2D eigenvalue weighted by atomic mass is 16.3. The zero-order valence-electron chi connectivity index (χ0n) is 13.5. The number of hydrogen-bond acceptors (Lipinski definition) is 1. The molecule has 1 aliphatic carbocycles. The van der Waals surface area contributed by atoms with Crippen molar-refractivity contribution in [2.75, 3.05) is 6.61 Å². The van der Waals surface area contributed by atoms with Crippen molar-refractivity contribution in [3.8, 4) is 11.1 Å². The second-order valence-electron chi connectivity index (χ2n) is 6.60. The molecule has 0 radical (unpaired) electrons. The number of rotatable bonds is 4. The molecule has 1 N–H and O–H groups in total. The van der Waals surface area contributed by atoms with Gasteiger partial charge < -0.3 is 5.11 Å². The van der Waals surface area contributed by atoms with E-state index in [0.29, 0.717) is 0 Å². The summed E-state index contributed by atoms with van der Waals surface area (Å²) in [6, 6.07) is 17.5. The van der Waals surface area contributed by atoms with Crippen LogP contribution in [0.25, 0.3) is 11.1 Å². The Balaban J connectivity index is 2.15. The molecule has 1 nitrogen and oxygen atoms in total. The zero-order valence-corrected chi connectivity index (χ0v) is 13.5. The third kappa shape index (κ3) is 2.83. The Labute approximate surface area is 134 Å². The average Bonchev–Trinajstić information content (AvgIpc) is 2.62. The Hall–Kier alpha value is -1.60. The van der Waals surface area contributed by atoms with Gasteiger partial charge in [0, 0.05) is 5.41 Å². The fourth-order valence-electron chi connectivity index (χ4n) is 3.86. The van der Waals surface area contributed by atoms with Crippen molar-refractivity contribution in [3.05, 3.63) is 59.7 Å². The minimum absolute atomic E-state index is 0.0470. The molecular formula is C21H26O. The van der Waals surface area contributed by atoms with E-state index in [4.69, 9.17) is 0 Å². The molecule has 0 saturated heterocycles. The van der Waals surface area contributed by atoms with Crippen molar-refractivity contribution >= 4 is 0 Å². The van der Waals surface area contributed by atoms with Crippen LogP contribution in [0.1, 0.15) is 50.2 Å². The normalized spacial score (nSPS) is 17.4. The van der Waals surface area contributed by atoms with Crippen molar-refractivity contribution in [1.29, 1.82) is 0 Å².